The van der Waals surface area contributed by atoms with Crippen molar-refractivity contribution in [2.45, 2.75) is 33.2 Å². The Morgan fingerprint density at radius 2 is 2.00 bits per heavy atom. The molecule has 4 nitrogen and oxygen atoms in total. The summed E-state index contributed by atoms with van der Waals surface area (Å²) in [7, 11) is 0. The Kier molecular flexibility index (Phi) is 6.10. The van der Waals surface area contributed by atoms with Gasteiger partial charge in [0.05, 0.1) is 6.54 Å². The Labute approximate surface area is 136 Å². The normalized spacial score (nSPS) is 12.4. The second kappa shape index (κ2) is 8.06. The SMILES string of the molecule is CCc1ccc(C(NCC(=O)Nc2nccs2)C(C)C)cc1. The van der Waals surface area contributed by atoms with Crippen molar-refractivity contribution in [1.29, 1.82) is 0 Å². The molecule has 1 heterocycles. The van der Waals surface area contributed by atoms with Gasteiger partial charge in [0.1, 0.15) is 0 Å². The van der Waals surface area contributed by atoms with Crippen LogP contribution in [0.2, 0.25) is 0 Å². The number of hydrogen-bond acceptors (Lipinski definition) is 4. The molecule has 0 saturated carbocycles. The van der Waals surface area contributed by atoms with E-state index >= 15 is 0 Å². The monoisotopic (exact) mass is 317 g/mol. The molecule has 22 heavy (non-hydrogen) atoms. The van der Waals surface area contributed by atoms with Gasteiger partial charge in [-0.15, -0.1) is 11.3 Å². The molecule has 0 aliphatic carbocycles. The predicted octanol–water partition coefficient (Wildman–Crippen LogP) is 3.63. The molecule has 1 amide bonds. The Morgan fingerprint density at radius 1 is 1.27 bits per heavy atom. The molecule has 2 rings (SSSR count). The minimum atomic E-state index is -0.0641. The Morgan fingerprint density at radius 3 is 2.55 bits per heavy atom. The number of nitrogens with one attached hydrogen (secondary N) is 2. The first-order valence-electron chi connectivity index (χ1n) is 7.61. The maximum atomic E-state index is 12.0. The van der Waals surface area contributed by atoms with Gasteiger partial charge in [-0.1, -0.05) is 45.0 Å². The van der Waals surface area contributed by atoms with E-state index < -0.39 is 0 Å². The number of rotatable bonds is 7. The van der Waals surface area contributed by atoms with Gasteiger partial charge in [-0.25, -0.2) is 4.98 Å². The van der Waals surface area contributed by atoms with Gasteiger partial charge in [0.25, 0.3) is 0 Å². The average molecular weight is 317 g/mol. The van der Waals surface area contributed by atoms with Crippen LogP contribution in [0.1, 0.15) is 37.9 Å². The minimum absolute atomic E-state index is 0.0641. The van der Waals surface area contributed by atoms with E-state index in [1.54, 1.807) is 6.20 Å². The van der Waals surface area contributed by atoms with Crippen LogP contribution in [0.5, 0.6) is 0 Å². The quantitative estimate of drug-likeness (QED) is 0.820. The first-order chi connectivity index (χ1) is 10.6. The topological polar surface area (TPSA) is 54.0 Å². The standard InChI is InChI=1S/C17H23N3OS/c1-4-13-5-7-14(8-6-13)16(12(2)3)19-11-15(21)20-17-18-9-10-22-17/h5-10,12,16,19H,4,11H2,1-3H3,(H,18,20,21). The summed E-state index contributed by atoms with van der Waals surface area (Å²) in [6.45, 7) is 6.74. The fourth-order valence-electron chi connectivity index (χ4n) is 2.35. The van der Waals surface area contributed by atoms with Crippen molar-refractivity contribution < 1.29 is 4.79 Å². The van der Waals surface area contributed by atoms with E-state index in [0.29, 0.717) is 11.0 Å². The fourth-order valence-corrected chi connectivity index (χ4v) is 2.90. The number of carbonyl (C=O) groups excluding carboxylic acids is 1. The van der Waals surface area contributed by atoms with Crippen molar-refractivity contribution in [3.63, 3.8) is 0 Å². The lowest BCUT2D eigenvalue weighted by Crippen LogP contribution is -2.33. The number of amides is 1. The molecule has 0 aliphatic heterocycles. The van der Waals surface area contributed by atoms with E-state index in [-0.39, 0.29) is 18.5 Å². The first kappa shape index (κ1) is 16.6. The molecule has 1 atom stereocenters. The van der Waals surface area contributed by atoms with E-state index in [9.17, 15) is 4.79 Å². The maximum Gasteiger partial charge on any atom is 0.240 e. The van der Waals surface area contributed by atoms with Crippen LogP contribution in [0.3, 0.4) is 0 Å². The van der Waals surface area contributed by atoms with Crippen molar-refractivity contribution in [2.24, 2.45) is 5.92 Å². The van der Waals surface area contributed by atoms with Crippen LogP contribution < -0.4 is 10.6 Å². The molecule has 118 valence electrons. The average Bonchev–Trinajstić information content (AvgIpc) is 3.00. The van der Waals surface area contributed by atoms with Crippen LogP contribution in [0.4, 0.5) is 5.13 Å². The summed E-state index contributed by atoms with van der Waals surface area (Å²) in [5, 5.41) is 8.62. The predicted molar refractivity (Wildman–Crippen MR) is 92.1 cm³/mol. The third kappa shape index (κ3) is 4.64. The number of carbonyl (C=O) groups is 1. The van der Waals surface area contributed by atoms with Crippen LogP contribution in [0.25, 0.3) is 0 Å². The highest BCUT2D eigenvalue weighted by Crippen LogP contribution is 2.22. The highest BCUT2D eigenvalue weighted by Gasteiger charge is 2.16. The van der Waals surface area contributed by atoms with Gasteiger partial charge >= 0.3 is 0 Å². The smallest absolute Gasteiger partial charge is 0.240 e. The van der Waals surface area contributed by atoms with Crippen molar-refractivity contribution >= 4 is 22.4 Å². The lowest BCUT2D eigenvalue weighted by Gasteiger charge is -2.23. The third-order valence-electron chi connectivity index (χ3n) is 3.57. The number of aromatic nitrogens is 1. The molecule has 5 heteroatoms. The number of aryl methyl sites for hydroxylation is 1. The molecule has 1 aromatic heterocycles. The summed E-state index contributed by atoms with van der Waals surface area (Å²) in [6, 6.07) is 8.77. The van der Waals surface area contributed by atoms with Gasteiger partial charge in [0.15, 0.2) is 5.13 Å². The third-order valence-corrected chi connectivity index (χ3v) is 4.26. The van der Waals surface area contributed by atoms with Crippen molar-refractivity contribution in [3.8, 4) is 0 Å². The molecule has 2 aromatic rings. The second-order valence-corrected chi connectivity index (χ2v) is 6.48. The molecule has 0 spiro atoms. The van der Waals surface area contributed by atoms with Gasteiger partial charge in [-0.05, 0) is 23.5 Å². The Balaban J connectivity index is 1.95. The number of nitrogens with zero attached hydrogens (tertiary/aromatic N) is 1. The Hall–Kier alpha value is -1.72. The zero-order valence-electron chi connectivity index (χ0n) is 13.3. The number of hydrogen-bond donors (Lipinski definition) is 2. The molecule has 0 fully saturated rings. The molecular formula is C17H23N3OS. The van der Waals surface area contributed by atoms with Crippen LogP contribution in [-0.2, 0) is 11.2 Å². The van der Waals surface area contributed by atoms with E-state index in [0.717, 1.165) is 6.42 Å². The van der Waals surface area contributed by atoms with Gasteiger partial charge < -0.3 is 10.6 Å². The molecule has 0 aliphatic rings. The Bertz CT molecular complexity index is 578. The first-order valence-corrected chi connectivity index (χ1v) is 8.49. The van der Waals surface area contributed by atoms with E-state index in [1.807, 2.05) is 5.38 Å². The molecule has 0 saturated heterocycles. The second-order valence-electron chi connectivity index (χ2n) is 5.58. The van der Waals surface area contributed by atoms with Gasteiger partial charge in [-0.2, -0.15) is 0 Å². The van der Waals surface area contributed by atoms with E-state index in [1.165, 1.54) is 22.5 Å². The number of benzene rings is 1. The fraction of sp³-hybridized carbons (Fsp3) is 0.412. The molecule has 2 N–H and O–H groups in total. The van der Waals surface area contributed by atoms with E-state index in [4.69, 9.17) is 0 Å². The van der Waals surface area contributed by atoms with Crippen molar-refractivity contribution in [2.75, 3.05) is 11.9 Å². The molecular weight excluding hydrogens is 294 g/mol. The summed E-state index contributed by atoms with van der Waals surface area (Å²) in [5.74, 6) is 0.339. The summed E-state index contributed by atoms with van der Waals surface area (Å²) < 4.78 is 0. The number of anilines is 1. The highest BCUT2D eigenvalue weighted by molar-refractivity contribution is 7.13. The molecule has 0 radical (unpaired) electrons. The largest absolute Gasteiger partial charge is 0.301 e. The molecule has 1 unspecified atom stereocenters. The maximum absolute atomic E-state index is 12.0. The van der Waals surface area contributed by atoms with Crippen LogP contribution >= 0.6 is 11.3 Å². The lowest BCUT2D eigenvalue weighted by atomic mass is 9.95. The summed E-state index contributed by atoms with van der Waals surface area (Å²) >= 11 is 1.42. The van der Waals surface area contributed by atoms with E-state index in [2.05, 4.69) is 60.7 Å². The van der Waals surface area contributed by atoms with Gasteiger partial charge in [0, 0.05) is 17.6 Å². The van der Waals surface area contributed by atoms with Crippen LogP contribution in [-0.4, -0.2) is 17.4 Å². The summed E-state index contributed by atoms with van der Waals surface area (Å²) in [6.07, 6.45) is 2.72. The van der Waals surface area contributed by atoms with Crippen molar-refractivity contribution in [3.05, 3.63) is 47.0 Å². The van der Waals surface area contributed by atoms with Gasteiger partial charge in [0.2, 0.25) is 5.91 Å². The minimum Gasteiger partial charge on any atom is -0.301 e. The lowest BCUT2D eigenvalue weighted by molar-refractivity contribution is -0.115. The molecule has 0 bridgehead atoms. The van der Waals surface area contributed by atoms with Crippen LogP contribution in [0, 0.1) is 5.92 Å². The number of thiazole rings is 1. The summed E-state index contributed by atoms with van der Waals surface area (Å²) in [5.41, 5.74) is 2.54. The zero-order chi connectivity index (χ0) is 15.9. The zero-order valence-corrected chi connectivity index (χ0v) is 14.1. The van der Waals surface area contributed by atoms with Crippen molar-refractivity contribution in [1.82, 2.24) is 10.3 Å². The summed E-state index contributed by atoms with van der Waals surface area (Å²) in [4.78, 5) is 16.0. The highest BCUT2D eigenvalue weighted by atomic mass is 32.1. The van der Waals surface area contributed by atoms with Crippen LogP contribution in [0.15, 0.2) is 35.8 Å². The molecule has 1 aromatic carbocycles. The van der Waals surface area contributed by atoms with Gasteiger partial charge in [-0.3, -0.25) is 4.79 Å².